The first-order chi connectivity index (χ1) is 10.2. The van der Waals surface area contributed by atoms with Crippen molar-refractivity contribution in [3.63, 3.8) is 0 Å². The van der Waals surface area contributed by atoms with Crippen LogP contribution in [0.3, 0.4) is 0 Å². The Hall–Kier alpha value is -2.61. The number of para-hydroxylation sites is 1. The van der Waals surface area contributed by atoms with Crippen LogP contribution in [-0.2, 0) is 0 Å². The number of hydrogen-bond donors (Lipinski definition) is 0. The topological polar surface area (TPSA) is 22.0 Å². The lowest BCUT2D eigenvalue weighted by atomic mass is 10.0. The molecule has 0 N–H and O–H groups in total. The molecule has 1 aromatic heterocycles. The Kier molecular flexibility index (Phi) is 3.44. The van der Waals surface area contributed by atoms with Crippen molar-refractivity contribution < 1.29 is 4.79 Å². The van der Waals surface area contributed by atoms with Gasteiger partial charge in [0.05, 0.1) is 5.69 Å². The molecule has 2 nitrogen and oxygen atoms in total. The summed E-state index contributed by atoms with van der Waals surface area (Å²) < 4.78 is 2.14. The number of rotatable bonds is 3. The number of aryl methyl sites for hydroxylation is 1. The quantitative estimate of drug-likeness (QED) is 0.642. The van der Waals surface area contributed by atoms with Crippen LogP contribution in [0, 0.1) is 13.8 Å². The van der Waals surface area contributed by atoms with Crippen molar-refractivity contribution in [3.05, 3.63) is 77.6 Å². The molecule has 0 unspecified atom stereocenters. The number of carbonyl (C=O) groups is 1. The lowest BCUT2D eigenvalue weighted by molar-refractivity contribution is 0.112. The van der Waals surface area contributed by atoms with Crippen LogP contribution >= 0.6 is 0 Å². The van der Waals surface area contributed by atoms with Gasteiger partial charge in [0, 0.05) is 22.5 Å². The molecule has 0 saturated carbocycles. The molecular formula is C19H17NO. The fraction of sp³-hybridized carbons (Fsp3) is 0.105. The van der Waals surface area contributed by atoms with Gasteiger partial charge in [-0.25, -0.2) is 0 Å². The van der Waals surface area contributed by atoms with Gasteiger partial charge in [-0.1, -0.05) is 48.5 Å². The third-order valence-corrected chi connectivity index (χ3v) is 3.83. The van der Waals surface area contributed by atoms with E-state index in [-0.39, 0.29) is 0 Å². The second kappa shape index (κ2) is 5.41. The van der Waals surface area contributed by atoms with Crippen molar-refractivity contribution in [1.82, 2.24) is 4.57 Å². The highest BCUT2D eigenvalue weighted by Crippen LogP contribution is 2.29. The second-order valence-corrected chi connectivity index (χ2v) is 5.16. The molecule has 0 aliphatic rings. The van der Waals surface area contributed by atoms with E-state index >= 15 is 0 Å². The highest BCUT2D eigenvalue weighted by atomic mass is 16.1. The van der Waals surface area contributed by atoms with E-state index in [0.717, 1.165) is 34.5 Å². The summed E-state index contributed by atoms with van der Waals surface area (Å²) in [5.41, 5.74) is 6.23. The molecular weight excluding hydrogens is 258 g/mol. The predicted molar refractivity (Wildman–Crippen MR) is 86.1 cm³/mol. The first-order valence-electron chi connectivity index (χ1n) is 7.01. The maximum absolute atomic E-state index is 11.2. The average molecular weight is 275 g/mol. The van der Waals surface area contributed by atoms with Gasteiger partial charge in [-0.2, -0.15) is 0 Å². The van der Waals surface area contributed by atoms with Gasteiger partial charge in [-0.3, -0.25) is 4.79 Å². The Morgan fingerprint density at radius 2 is 1.57 bits per heavy atom. The number of aldehydes is 1. The Morgan fingerprint density at radius 3 is 2.24 bits per heavy atom. The van der Waals surface area contributed by atoms with E-state index < -0.39 is 0 Å². The average Bonchev–Trinajstić information content (AvgIpc) is 2.82. The van der Waals surface area contributed by atoms with Crippen molar-refractivity contribution in [2.24, 2.45) is 0 Å². The van der Waals surface area contributed by atoms with Crippen molar-refractivity contribution in [2.45, 2.75) is 13.8 Å². The molecule has 0 aliphatic heterocycles. The molecule has 3 rings (SSSR count). The molecule has 0 aliphatic carbocycles. The Morgan fingerprint density at radius 1 is 0.905 bits per heavy atom. The summed E-state index contributed by atoms with van der Waals surface area (Å²) in [6, 6.07) is 20.5. The fourth-order valence-corrected chi connectivity index (χ4v) is 2.81. The SMILES string of the molecule is Cc1cc(C=O)c(C)n1-c1ccccc1-c1ccccc1. The molecule has 0 saturated heterocycles. The van der Waals surface area contributed by atoms with Gasteiger partial charge in [-0.05, 0) is 31.5 Å². The maximum atomic E-state index is 11.2. The molecule has 0 bridgehead atoms. The molecule has 0 fully saturated rings. The monoisotopic (exact) mass is 275 g/mol. The van der Waals surface area contributed by atoms with Gasteiger partial charge >= 0.3 is 0 Å². The summed E-state index contributed by atoms with van der Waals surface area (Å²) in [6.07, 6.45) is 0.921. The van der Waals surface area contributed by atoms with Crippen LogP contribution in [0.2, 0.25) is 0 Å². The minimum absolute atomic E-state index is 0.746. The fourth-order valence-electron chi connectivity index (χ4n) is 2.81. The van der Waals surface area contributed by atoms with E-state index in [2.05, 4.69) is 28.8 Å². The standard InChI is InChI=1S/C19H17NO/c1-14-12-17(13-21)15(2)20(14)19-11-7-6-10-18(19)16-8-4-3-5-9-16/h3-13H,1-2H3. The summed E-state index contributed by atoms with van der Waals surface area (Å²) >= 11 is 0. The maximum Gasteiger partial charge on any atom is 0.151 e. The van der Waals surface area contributed by atoms with Crippen LogP contribution in [0.1, 0.15) is 21.7 Å². The Labute approximate surface area is 124 Å². The highest BCUT2D eigenvalue weighted by Gasteiger charge is 2.13. The number of benzene rings is 2. The minimum Gasteiger partial charge on any atom is -0.317 e. The summed E-state index contributed by atoms with van der Waals surface area (Å²) in [5, 5.41) is 0. The molecule has 3 aromatic rings. The number of hydrogen-bond acceptors (Lipinski definition) is 1. The number of carbonyl (C=O) groups excluding carboxylic acids is 1. The summed E-state index contributed by atoms with van der Waals surface area (Å²) in [7, 11) is 0. The zero-order valence-corrected chi connectivity index (χ0v) is 12.2. The molecule has 0 amide bonds. The van der Waals surface area contributed by atoms with E-state index in [0.29, 0.717) is 0 Å². The summed E-state index contributed by atoms with van der Waals surface area (Å²) in [6.45, 7) is 4.01. The molecule has 2 aromatic carbocycles. The van der Waals surface area contributed by atoms with Gasteiger partial charge in [-0.15, -0.1) is 0 Å². The van der Waals surface area contributed by atoms with E-state index in [4.69, 9.17) is 0 Å². The highest BCUT2D eigenvalue weighted by molar-refractivity contribution is 5.79. The Balaban J connectivity index is 2.26. The van der Waals surface area contributed by atoms with Crippen molar-refractivity contribution in [2.75, 3.05) is 0 Å². The number of aromatic nitrogens is 1. The molecule has 0 spiro atoms. The first kappa shape index (κ1) is 13.4. The largest absolute Gasteiger partial charge is 0.317 e. The van der Waals surface area contributed by atoms with Crippen LogP contribution < -0.4 is 0 Å². The van der Waals surface area contributed by atoms with Crippen LogP contribution in [-0.4, -0.2) is 10.9 Å². The molecule has 0 atom stereocenters. The van der Waals surface area contributed by atoms with Gasteiger partial charge in [0.1, 0.15) is 0 Å². The summed E-state index contributed by atoms with van der Waals surface area (Å²) in [5.74, 6) is 0. The molecule has 21 heavy (non-hydrogen) atoms. The van der Waals surface area contributed by atoms with E-state index in [1.807, 2.05) is 50.2 Å². The van der Waals surface area contributed by atoms with Gasteiger partial charge in [0.15, 0.2) is 6.29 Å². The zero-order chi connectivity index (χ0) is 14.8. The van der Waals surface area contributed by atoms with Crippen LogP contribution in [0.4, 0.5) is 0 Å². The van der Waals surface area contributed by atoms with Crippen molar-refractivity contribution in [3.8, 4) is 16.8 Å². The molecule has 1 heterocycles. The Bertz CT molecular complexity index is 785. The van der Waals surface area contributed by atoms with Gasteiger partial charge in [0.2, 0.25) is 0 Å². The van der Waals surface area contributed by atoms with Crippen LogP contribution in [0.5, 0.6) is 0 Å². The third kappa shape index (κ3) is 2.29. The molecule has 0 radical (unpaired) electrons. The zero-order valence-electron chi connectivity index (χ0n) is 12.2. The lowest BCUT2D eigenvalue weighted by Crippen LogP contribution is -2.01. The second-order valence-electron chi connectivity index (χ2n) is 5.16. The van der Waals surface area contributed by atoms with Gasteiger partial charge < -0.3 is 4.57 Å². The van der Waals surface area contributed by atoms with E-state index in [9.17, 15) is 4.79 Å². The van der Waals surface area contributed by atoms with Crippen LogP contribution in [0.15, 0.2) is 60.7 Å². The minimum atomic E-state index is 0.746. The summed E-state index contributed by atoms with van der Waals surface area (Å²) in [4.78, 5) is 11.2. The normalized spacial score (nSPS) is 10.6. The van der Waals surface area contributed by atoms with Crippen molar-refractivity contribution in [1.29, 1.82) is 0 Å². The predicted octanol–water partition coefficient (Wildman–Crippen LogP) is 4.57. The third-order valence-electron chi connectivity index (χ3n) is 3.83. The van der Waals surface area contributed by atoms with E-state index in [1.165, 1.54) is 5.56 Å². The smallest absolute Gasteiger partial charge is 0.151 e. The number of nitrogens with zero attached hydrogens (tertiary/aromatic N) is 1. The van der Waals surface area contributed by atoms with Crippen molar-refractivity contribution >= 4 is 6.29 Å². The molecule has 2 heteroatoms. The van der Waals surface area contributed by atoms with Gasteiger partial charge in [0.25, 0.3) is 0 Å². The first-order valence-corrected chi connectivity index (χ1v) is 7.01. The molecule has 104 valence electrons. The van der Waals surface area contributed by atoms with Crippen LogP contribution in [0.25, 0.3) is 16.8 Å². The van der Waals surface area contributed by atoms with E-state index in [1.54, 1.807) is 0 Å². The lowest BCUT2D eigenvalue weighted by Gasteiger charge is -2.15.